The van der Waals surface area contributed by atoms with E-state index in [0.29, 0.717) is 5.75 Å². The smallest absolute Gasteiger partial charge is 0.258 e. The van der Waals surface area contributed by atoms with Gasteiger partial charge in [0.2, 0.25) is 0 Å². The molecule has 1 atom stereocenters. The Morgan fingerprint density at radius 1 is 1.37 bits per heavy atom. The molecule has 4 nitrogen and oxygen atoms in total. The molecule has 0 aliphatic carbocycles. The third-order valence-corrected chi connectivity index (χ3v) is 3.06. The summed E-state index contributed by atoms with van der Waals surface area (Å²) in [6.45, 7) is 5.78. The lowest BCUT2D eigenvalue weighted by atomic mass is 10.1. The minimum Gasteiger partial charge on any atom is -0.484 e. The predicted octanol–water partition coefficient (Wildman–Crippen LogP) is 2.42. The number of rotatable bonds is 7. The predicted molar refractivity (Wildman–Crippen MR) is 75.1 cm³/mol. The van der Waals surface area contributed by atoms with Crippen molar-refractivity contribution in [3.05, 3.63) is 29.8 Å². The maximum absolute atomic E-state index is 11.7. The van der Waals surface area contributed by atoms with Gasteiger partial charge < -0.3 is 15.2 Å². The molecule has 0 saturated carbocycles. The molecule has 0 saturated heterocycles. The van der Waals surface area contributed by atoms with E-state index in [4.69, 9.17) is 4.74 Å². The minimum atomic E-state index is -0.540. The molecule has 0 aromatic heterocycles. The Morgan fingerprint density at radius 3 is 2.63 bits per heavy atom. The normalized spacial score (nSPS) is 12.3. The van der Waals surface area contributed by atoms with Gasteiger partial charge in [0.25, 0.3) is 5.91 Å². The van der Waals surface area contributed by atoms with Crippen LogP contribution in [0, 0.1) is 0 Å². The fourth-order valence-corrected chi connectivity index (χ4v) is 1.78. The number of benzene rings is 1. The molecule has 0 radical (unpaired) electrons. The molecule has 0 fully saturated rings. The monoisotopic (exact) mass is 265 g/mol. The number of nitrogens with one attached hydrogen (secondary N) is 1. The van der Waals surface area contributed by atoms with Crippen LogP contribution in [-0.4, -0.2) is 23.7 Å². The van der Waals surface area contributed by atoms with Crippen LogP contribution in [0.2, 0.25) is 0 Å². The third-order valence-electron chi connectivity index (χ3n) is 3.06. The molecule has 106 valence electrons. The number of aliphatic hydroxyl groups excluding tert-OH is 1. The molecule has 1 unspecified atom stereocenters. The van der Waals surface area contributed by atoms with Crippen LogP contribution in [-0.2, 0) is 4.79 Å². The van der Waals surface area contributed by atoms with Crippen LogP contribution in [0.4, 0.5) is 0 Å². The van der Waals surface area contributed by atoms with Crippen LogP contribution >= 0.6 is 0 Å². The van der Waals surface area contributed by atoms with Gasteiger partial charge >= 0.3 is 0 Å². The van der Waals surface area contributed by atoms with E-state index in [1.807, 2.05) is 19.9 Å². The van der Waals surface area contributed by atoms with Gasteiger partial charge in [-0.15, -0.1) is 0 Å². The number of hydrogen-bond acceptors (Lipinski definition) is 3. The summed E-state index contributed by atoms with van der Waals surface area (Å²) in [5, 5.41) is 12.4. The van der Waals surface area contributed by atoms with E-state index in [1.165, 1.54) is 0 Å². The van der Waals surface area contributed by atoms with Crippen molar-refractivity contribution in [1.29, 1.82) is 0 Å². The molecule has 0 spiro atoms. The number of carbonyl (C=O) groups excluding carboxylic acids is 1. The van der Waals surface area contributed by atoms with Crippen LogP contribution in [0.1, 0.15) is 45.3 Å². The lowest BCUT2D eigenvalue weighted by Crippen LogP contribution is -2.37. The van der Waals surface area contributed by atoms with Gasteiger partial charge in [-0.25, -0.2) is 0 Å². The second kappa shape index (κ2) is 7.79. The molecule has 0 heterocycles. The van der Waals surface area contributed by atoms with Crippen molar-refractivity contribution in [2.24, 2.45) is 0 Å². The molecule has 1 rings (SSSR count). The van der Waals surface area contributed by atoms with Crippen molar-refractivity contribution in [1.82, 2.24) is 5.32 Å². The fraction of sp³-hybridized carbons (Fsp3) is 0.533. The molecule has 19 heavy (non-hydrogen) atoms. The molecule has 1 aromatic carbocycles. The van der Waals surface area contributed by atoms with E-state index < -0.39 is 6.10 Å². The maximum Gasteiger partial charge on any atom is 0.258 e. The van der Waals surface area contributed by atoms with Gasteiger partial charge in [-0.05, 0) is 37.5 Å². The first-order chi connectivity index (χ1) is 9.06. The highest BCUT2D eigenvalue weighted by molar-refractivity contribution is 5.77. The van der Waals surface area contributed by atoms with Crippen molar-refractivity contribution >= 4 is 5.91 Å². The van der Waals surface area contributed by atoms with Crippen LogP contribution < -0.4 is 10.1 Å². The first kappa shape index (κ1) is 15.5. The van der Waals surface area contributed by atoms with Gasteiger partial charge in [0.05, 0.1) is 6.10 Å². The van der Waals surface area contributed by atoms with E-state index in [1.54, 1.807) is 25.1 Å². The first-order valence-corrected chi connectivity index (χ1v) is 6.77. The highest BCUT2D eigenvalue weighted by atomic mass is 16.5. The topological polar surface area (TPSA) is 58.6 Å². The van der Waals surface area contributed by atoms with Crippen LogP contribution in [0.15, 0.2) is 24.3 Å². The van der Waals surface area contributed by atoms with E-state index in [2.05, 4.69) is 5.32 Å². The summed E-state index contributed by atoms with van der Waals surface area (Å²) in [7, 11) is 0. The second-order valence-electron chi connectivity index (χ2n) is 4.62. The van der Waals surface area contributed by atoms with Crippen molar-refractivity contribution in [2.45, 2.75) is 45.8 Å². The van der Waals surface area contributed by atoms with Crippen LogP contribution in [0.5, 0.6) is 5.75 Å². The molecule has 4 heteroatoms. The molecule has 0 bridgehead atoms. The lowest BCUT2D eigenvalue weighted by Gasteiger charge is -2.15. The van der Waals surface area contributed by atoms with Crippen molar-refractivity contribution < 1.29 is 14.6 Å². The number of amides is 1. The van der Waals surface area contributed by atoms with Gasteiger partial charge in [-0.2, -0.15) is 0 Å². The summed E-state index contributed by atoms with van der Waals surface area (Å²) < 4.78 is 5.43. The molecular formula is C15H23NO3. The Hall–Kier alpha value is -1.55. The molecule has 0 aliphatic heterocycles. The molecule has 1 aromatic rings. The highest BCUT2D eigenvalue weighted by Gasteiger charge is 2.09. The summed E-state index contributed by atoms with van der Waals surface area (Å²) in [5.74, 6) is 0.481. The Kier molecular flexibility index (Phi) is 6.36. The van der Waals surface area contributed by atoms with Gasteiger partial charge in [0.1, 0.15) is 5.75 Å². The van der Waals surface area contributed by atoms with E-state index in [-0.39, 0.29) is 18.6 Å². The number of carbonyl (C=O) groups is 1. The quantitative estimate of drug-likeness (QED) is 0.796. The summed E-state index contributed by atoms with van der Waals surface area (Å²) in [6, 6.07) is 7.35. The maximum atomic E-state index is 11.7. The summed E-state index contributed by atoms with van der Waals surface area (Å²) in [5.41, 5.74) is 0.776. The Balaban J connectivity index is 2.48. The van der Waals surface area contributed by atoms with Gasteiger partial charge in [0, 0.05) is 6.04 Å². The van der Waals surface area contributed by atoms with Gasteiger partial charge in [-0.1, -0.05) is 26.0 Å². The van der Waals surface area contributed by atoms with Crippen LogP contribution in [0.3, 0.4) is 0 Å². The molecule has 0 aliphatic rings. The van der Waals surface area contributed by atoms with Gasteiger partial charge in [0.15, 0.2) is 6.61 Å². The first-order valence-electron chi connectivity index (χ1n) is 6.77. The average molecular weight is 265 g/mol. The van der Waals surface area contributed by atoms with Gasteiger partial charge in [-0.3, -0.25) is 4.79 Å². The lowest BCUT2D eigenvalue weighted by molar-refractivity contribution is -0.123. The zero-order valence-electron chi connectivity index (χ0n) is 11.8. The van der Waals surface area contributed by atoms with E-state index >= 15 is 0 Å². The largest absolute Gasteiger partial charge is 0.484 e. The second-order valence-corrected chi connectivity index (χ2v) is 4.62. The number of ether oxygens (including phenoxy) is 1. The zero-order chi connectivity index (χ0) is 14.3. The Bertz CT molecular complexity index is 400. The number of aliphatic hydroxyl groups is 1. The van der Waals surface area contributed by atoms with Crippen molar-refractivity contribution in [2.75, 3.05) is 6.61 Å². The summed E-state index contributed by atoms with van der Waals surface area (Å²) in [6.07, 6.45) is 1.29. The summed E-state index contributed by atoms with van der Waals surface area (Å²) in [4.78, 5) is 11.7. The van der Waals surface area contributed by atoms with E-state index in [9.17, 15) is 9.90 Å². The number of hydrogen-bond donors (Lipinski definition) is 2. The highest BCUT2D eigenvalue weighted by Crippen LogP contribution is 2.18. The molecule has 2 N–H and O–H groups in total. The molecule has 1 amide bonds. The minimum absolute atomic E-state index is 0.000235. The zero-order valence-corrected chi connectivity index (χ0v) is 11.8. The SMILES string of the molecule is CCC(CC)NC(=O)COc1cccc(C(C)O)c1. The third kappa shape index (κ3) is 5.30. The Morgan fingerprint density at radius 2 is 2.05 bits per heavy atom. The Labute approximate surface area is 114 Å². The standard InChI is InChI=1S/C15H23NO3/c1-4-13(5-2)16-15(18)10-19-14-8-6-7-12(9-14)11(3)17/h6-9,11,13,17H,4-5,10H2,1-3H3,(H,16,18). The fourth-order valence-electron chi connectivity index (χ4n) is 1.78. The average Bonchev–Trinajstić information content (AvgIpc) is 2.42. The molecular weight excluding hydrogens is 242 g/mol. The van der Waals surface area contributed by atoms with Crippen molar-refractivity contribution in [3.63, 3.8) is 0 Å². The van der Waals surface area contributed by atoms with Crippen LogP contribution in [0.25, 0.3) is 0 Å². The van der Waals surface area contributed by atoms with E-state index in [0.717, 1.165) is 18.4 Å². The van der Waals surface area contributed by atoms with Crippen molar-refractivity contribution in [3.8, 4) is 5.75 Å². The summed E-state index contributed by atoms with van der Waals surface area (Å²) >= 11 is 0.